The van der Waals surface area contributed by atoms with E-state index in [1.54, 1.807) is 0 Å². The third-order valence-corrected chi connectivity index (χ3v) is 3.88. The summed E-state index contributed by atoms with van der Waals surface area (Å²) in [5.41, 5.74) is 6.79. The third kappa shape index (κ3) is 2.76. The van der Waals surface area contributed by atoms with Gasteiger partial charge >= 0.3 is 0 Å². The molecule has 0 saturated carbocycles. The number of ether oxygens (including phenoxy) is 1. The van der Waals surface area contributed by atoms with E-state index < -0.39 is 31.1 Å². The van der Waals surface area contributed by atoms with Gasteiger partial charge in [-0.25, -0.2) is 15.0 Å². The molecule has 0 amide bonds. The molecule has 2 aromatic heterocycles. The highest BCUT2D eigenvalue weighted by Gasteiger charge is 2.44. The number of aliphatic hydroxyl groups excluding tert-OH is 3. The average Bonchev–Trinajstić information content (AvgIpc) is 3.01. The molecule has 2 aromatic rings. The van der Waals surface area contributed by atoms with E-state index in [0.29, 0.717) is 29.3 Å². The number of fused-ring (bicyclic) bond motifs is 1. The van der Waals surface area contributed by atoms with Crippen molar-refractivity contribution in [3.63, 3.8) is 0 Å². The summed E-state index contributed by atoms with van der Waals surface area (Å²) < 4.78 is 7.03. The molecule has 1 fully saturated rings. The number of imidazole rings is 1. The highest BCUT2D eigenvalue weighted by molar-refractivity contribution is 5.81. The number of anilines is 1. The smallest absolute Gasteiger partial charge is 0.167 e. The van der Waals surface area contributed by atoms with Gasteiger partial charge in [-0.2, -0.15) is 0 Å². The van der Waals surface area contributed by atoms with Gasteiger partial charge in [-0.3, -0.25) is 4.57 Å². The summed E-state index contributed by atoms with van der Waals surface area (Å²) in [5.74, 6) is 1.20. The van der Waals surface area contributed by atoms with Crippen LogP contribution in [0.25, 0.3) is 11.2 Å². The Labute approximate surface area is 132 Å². The number of nitrogen functional groups attached to an aromatic ring is 1. The van der Waals surface area contributed by atoms with Crippen molar-refractivity contribution in [2.24, 2.45) is 5.92 Å². The van der Waals surface area contributed by atoms with Gasteiger partial charge < -0.3 is 25.8 Å². The molecule has 0 spiro atoms. The van der Waals surface area contributed by atoms with Gasteiger partial charge in [0.2, 0.25) is 0 Å². The van der Waals surface area contributed by atoms with E-state index in [-0.39, 0.29) is 5.82 Å². The van der Waals surface area contributed by atoms with Crippen LogP contribution in [0.1, 0.15) is 25.9 Å². The molecule has 126 valence electrons. The number of hydrogen-bond acceptors (Lipinski definition) is 8. The van der Waals surface area contributed by atoms with Gasteiger partial charge in [0.25, 0.3) is 0 Å². The zero-order chi connectivity index (χ0) is 16.7. The minimum absolute atomic E-state index is 0.260. The van der Waals surface area contributed by atoms with E-state index in [0.717, 1.165) is 0 Å². The topological polar surface area (TPSA) is 140 Å². The lowest BCUT2D eigenvalue weighted by Crippen LogP contribution is -2.33. The minimum Gasteiger partial charge on any atom is -0.394 e. The number of rotatable bonds is 4. The zero-order valence-electron chi connectivity index (χ0n) is 13.0. The number of aliphatic hydroxyl groups is 3. The Morgan fingerprint density at radius 1 is 1.30 bits per heavy atom. The highest BCUT2D eigenvalue weighted by atomic mass is 16.6. The second-order valence-electron chi connectivity index (χ2n) is 6.18. The molecule has 9 heteroatoms. The predicted molar refractivity (Wildman–Crippen MR) is 81.3 cm³/mol. The lowest BCUT2D eigenvalue weighted by molar-refractivity contribution is -0.0511. The molecule has 0 aliphatic carbocycles. The van der Waals surface area contributed by atoms with Crippen LogP contribution in [0.15, 0.2) is 6.33 Å². The Kier molecular flexibility index (Phi) is 4.19. The normalized spacial score (nSPS) is 28.1. The van der Waals surface area contributed by atoms with Gasteiger partial charge in [0.15, 0.2) is 17.7 Å². The average molecular weight is 323 g/mol. The molecule has 0 radical (unpaired) electrons. The summed E-state index contributed by atoms with van der Waals surface area (Å²) in [7, 11) is 0. The Balaban J connectivity index is 2.03. The Morgan fingerprint density at radius 2 is 2.04 bits per heavy atom. The molecule has 4 unspecified atom stereocenters. The molecule has 23 heavy (non-hydrogen) atoms. The van der Waals surface area contributed by atoms with Crippen molar-refractivity contribution in [2.75, 3.05) is 12.3 Å². The van der Waals surface area contributed by atoms with Gasteiger partial charge in [0.1, 0.15) is 29.7 Å². The first kappa shape index (κ1) is 16.1. The molecule has 0 bridgehead atoms. The highest BCUT2D eigenvalue weighted by Crippen LogP contribution is 2.32. The number of nitrogens with zero attached hydrogens (tertiary/aromatic N) is 4. The SMILES string of the molecule is CC(C)Cc1nc(N)c2ncn(C3OC(CO)C(O)C3O)c2n1. The molecular formula is C14H21N5O4. The van der Waals surface area contributed by atoms with Gasteiger partial charge in [-0.05, 0) is 5.92 Å². The lowest BCUT2D eigenvalue weighted by atomic mass is 10.1. The van der Waals surface area contributed by atoms with Gasteiger partial charge in [0, 0.05) is 6.42 Å². The molecule has 3 rings (SSSR count). The Hall–Kier alpha value is -1.81. The van der Waals surface area contributed by atoms with Crippen LogP contribution in [0.4, 0.5) is 5.82 Å². The van der Waals surface area contributed by atoms with Gasteiger partial charge in [-0.15, -0.1) is 0 Å². The van der Waals surface area contributed by atoms with Gasteiger partial charge in [-0.1, -0.05) is 13.8 Å². The maximum atomic E-state index is 10.2. The third-order valence-electron chi connectivity index (χ3n) is 3.88. The molecule has 9 nitrogen and oxygen atoms in total. The minimum atomic E-state index is -1.20. The van der Waals surface area contributed by atoms with Crippen LogP contribution >= 0.6 is 0 Å². The maximum absolute atomic E-state index is 10.2. The van der Waals surface area contributed by atoms with E-state index in [4.69, 9.17) is 10.5 Å². The zero-order valence-corrected chi connectivity index (χ0v) is 13.0. The van der Waals surface area contributed by atoms with Crippen LogP contribution in [-0.4, -0.2) is 59.8 Å². The molecule has 0 aromatic carbocycles. The van der Waals surface area contributed by atoms with Crippen molar-refractivity contribution in [3.05, 3.63) is 12.2 Å². The number of nitrogens with two attached hydrogens (primary N) is 1. The van der Waals surface area contributed by atoms with Crippen molar-refractivity contribution < 1.29 is 20.1 Å². The van der Waals surface area contributed by atoms with Crippen molar-refractivity contribution in [1.29, 1.82) is 0 Å². The lowest BCUT2D eigenvalue weighted by Gasteiger charge is -2.17. The van der Waals surface area contributed by atoms with Crippen LogP contribution in [0, 0.1) is 5.92 Å². The predicted octanol–water partition coefficient (Wildman–Crippen LogP) is -0.781. The molecular weight excluding hydrogens is 302 g/mol. The van der Waals surface area contributed by atoms with E-state index in [2.05, 4.69) is 15.0 Å². The van der Waals surface area contributed by atoms with Crippen LogP contribution < -0.4 is 5.73 Å². The van der Waals surface area contributed by atoms with Crippen LogP contribution in [-0.2, 0) is 11.2 Å². The summed E-state index contributed by atoms with van der Waals surface area (Å²) in [6.07, 6.45) is -2.04. The molecule has 1 saturated heterocycles. The van der Waals surface area contributed by atoms with E-state index >= 15 is 0 Å². The molecule has 4 atom stereocenters. The van der Waals surface area contributed by atoms with Crippen molar-refractivity contribution >= 4 is 17.0 Å². The van der Waals surface area contributed by atoms with Crippen LogP contribution in [0.5, 0.6) is 0 Å². The molecule has 3 heterocycles. The maximum Gasteiger partial charge on any atom is 0.167 e. The van der Waals surface area contributed by atoms with Crippen molar-refractivity contribution in [3.8, 4) is 0 Å². The first-order valence-corrected chi connectivity index (χ1v) is 7.53. The van der Waals surface area contributed by atoms with Crippen LogP contribution in [0.3, 0.4) is 0 Å². The fraction of sp³-hybridized carbons (Fsp3) is 0.643. The second-order valence-corrected chi connectivity index (χ2v) is 6.18. The summed E-state index contributed by atoms with van der Waals surface area (Å²) in [6.45, 7) is 3.71. The number of hydrogen-bond donors (Lipinski definition) is 4. The summed E-state index contributed by atoms with van der Waals surface area (Å²) >= 11 is 0. The van der Waals surface area contributed by atoms with Crippen LogP contribution in [0.2, 0.25) is 0 Å². The Morgan fingerprint density at radius 3 is 2.65 bits per heavy atom. The first-order valence-electron chi connectivity index (χ1n) is 7.53. The van der Waals surface area contributed by atoms with Crippen molar-refractivity contribution in [1.82, 2.24) is 19.5 Å². The fourth-order valence-electron chi connectivity index (χ4n) is 2.74. The van der Waals surface area contributed by atoms with E-state index in [1.807, 2.05) is 13.8 Å². The Bertz CT molecular complexity index is 704. The summed E-state index contributed by atoms with van der Waals surface area (Å²) in [6, 6.07) is 0. The summed E-state index contributed by atoms with van der Waals surface area (Å²) in [4.78, 5) is 12.9. The molecule has 5 N–H and O–H groups in total. The fourth-order valence-corrected chi connectivity index (χ4v) is 2.74. The molecule has 1 aliphatic rings. The largest absolute Gasteiger partial charge is 0.394 e. The monoisotopic (exact) mass is 323 g/mol. The quantitative estimate of drug-likeness (QED) is 0.574. The van der Waals surface area contributed by atoms with Crippen molar-refractivity contribution in [2.45, 2.75) is 44.8 Å². The first-order chi connectivity index (χ1) is 10.9. The van der Waals surface area contributed by atoms with E-state index in [9.17, 15) is 15.3 Å². The van der Waals surface area contributed by atoms with E-state index in [1.165, 1.54) is 10.9 Å². The van der Waals surface area contributed by atoms with Gasteiger partial charge in [0.05, 0.1) is 12.9 Å². The second kappa shape index (κ2) is 6.00. The standard InChI is InChI=1S/C14H21N5O4/c1-6(2)3-8-17-12(15)9-13(18-8)19(5-16-9)14-11(22)10(21)7(4-20)23-14/h5-7,10-11,14,20-22H,3-4H2,1-2H3,(H2,15,17,18). The molecule has 1 aliphatic heterocycles. The summed E-state index contributed by atoms with van der Waals surface area (Å²) in [5, 5.41) is 29.3. The number of aromatic nitrogens is 4.